The van der Waals surface area contributed by atoms with E-state index in [1.807, 2.05) is 6.92 Å². The molecule has 0 aliphatic rings. The number of allylic oxidation sites excluding steroid dienone is 4. The van der Waals surface area contributed by atoms with Gasteiger partial charge in [0.2, 0.25) is 5.95 Å². The van der Waals surface area contributed by atoms with Gasteiger partial charge in [-0.25, -0.2) is 4.98 Å². The average Bonchev–Trinajstić information content (AvgIpc) is 2.56. The Bertz CT molecular complexity index is 512. The van der Waals surface area contributed by atoms with Crippen LogP contribution in [0.5, 0.6) is 5.75 Å². The molecule has 1 rings (SSSR count). The van der Waals surface area contributed by atoms with Crippen LogP contribution in [-0.4, -0.2) is 23.1 Å². The first-order valence-electron chi connectivity index (χ1n) is 8.48. The van der Waals surface area contributed by atoms with Crippen LogP contribution in [0.3, 0.4) is 0 Å². The van der Waals surface area contributed by atoms with E-state index in [9.17, 15) is 0 Å². The second-order valence-corrected chi connectivity index (χ2v) is 5.39. The van der Waals surface area contributed by atoms with Crippen LogP contribution < -0.4 is 15.8 Å². The molecule has 0 unspecified atom stereocenters. The molecule has 0 spiro atoms. The van der Waals surface area contributed by atoms with Crippen molar-refractivity contribution >= 4 is 11.8 Å². The fourth-order valence-corrected chi connectivity index (χ4v) is 2.19. The molecule has 23 heavy (non-hydrogen) atoms. The highest BCUT2D eigenvalue weighted by Crippen LogP contribution is 2.22. The molecule has 1 aromatic heterocycles. The summed E-state index contributed by atoms with van der Waals surface area (Å²) >= 11 is 0. The van der Waals surface area contributed by atoms with Crippen LogP contribution in [0.4, 0.5) is 11.8 Å². The van der Waals surface area contributed by atoms with Gasteiger partial charge in [-0.05, 0) is 33.1 Å². The lowest BCUT2D eigenvalue weighted by molar-refractivity contribution is 0.310. The third kappa shape index (κ3) is 7.68. The Morgan fingerprint density at radius 3 is 2.83 bits per heavy atom. The number of hydrogen-bond donors (Lipinski definition) is 2. The van der Waals surface area contributed by atoms with Crippen LogP contribution >= 0.6 is 0 Å². The van der Waals surface area contributed by atoms with E-state index in [1.165, 1.54) is 18.4 Å². The van der Waals surface area contributed by atoms with E-state index in [4.69, 9.17) is 10.5 Å². The second-order valence-electron chi connectivity index (χ2n) is 5.39. The van der Waals surface area contributed by atoms with Crippen molar-refractivity contribution in [3.8, 4) is 5.75 Å². The largest absolute Gasteiger partial charge is 0.488 e. The monoisotopic (exact) mass is 318 g/mol. The van der Waals surface area contributed by atoms with E-state index in [1.54, 1.807) is 6.20 Å². The van der Waals surface area contributed by atoms with Gasteiger partial charge < -0.3 is 15.8 Å². The zero-order valence-corrected chi connectivity index (χ0v) is 14.6. The molecule has 3 N–H and O–H groups in total. The Morgan fingerprint density at radius 2 is 2.13 bits per heavy atom. The van der Waals surface area contributed by atoms with Gasteiger partial charge in [-0.2, -0.15) is 4.98 Å². The standard InChI is InChI=1S/C18H30N4O/c1-4-7-8-12-20-17-16(14-21-18(19)22-17)23-13-9-11-15(6-3)10-5-2/h5-6,10,14H,4,7-9,11-13H2,1-3H3,(H3,19,20,21,22)/b10-5-,15-6+. The summed E-state index contributed by atoms with van der Waals surface area (Å²) < 4.78 is 5.83. The lowest BCUT2D eigenvalue weighted by Gasteiger charge is -2.12. The fraction of sp³-hybridized carbons (Fsp3) is 0.556. The number of rotatable bonds is 11. The van der Waals surface area contributed by atoms with Crippen LogP contribution in [0.15, 0.2) is 30.0 Å². The summed E-state index contributed by atoms with van der Waals surface area (Å²) in [6, 6.07) is 0. The number of unbranched alkanes of at least 4 members (excludes halogenated alkanes) is 2. The number of nitrogens with two attached hydrogens (primary N) is 1. The fourth-order valence-electron chi connectivity index (χ4n) is 2.19. The predicted octanol–water partition coefficient (Wildman–Crippen LogP) is 4.34. The first-order valence-corrected chi connectivity index (χ1v) is 8.48. The van der Waals surface area contributed by atoms with Gasteiger partial charge in [0.05, 0.1) is 12.8 Å². The highest BCUT2D eigenvalue weighted by Gasteiger charge is 2.07. The van der Waals surface area contributed by atoms with Gasteiger partial charge in [-0.3, -0.25) is 0 Å². The third-order valence-corrected chi connectivity index (χ3v) is 3.47. The molecule has 0 saturated heterocycles. The summed E-state index contributed by atoms with van der Waals surface area (Å²) in [6.45, 7) is 7.77. The molecule has 5 heteroatoms. The Balaban J connectivity index is 2.48. The van der Waals surface area contributed by atoms with Gasteiger partial charge in [0.1, 0.15) is 0 Å². The van der Waals surface area contributed by atoms with Crippen molar-refractivity contribution in [3.63, 3.8) is 0 Å². The zero-order chi connectivity index (χ0) is 16.9. The van der Waals surface area contributed by atoms with Crippen molar-refractivity contribution in [1.82, 2.24) is 9.97 Å². The summed E-state index contributed by atoms with van der Waals surface area (Å²) in [5.41, 5.74) is 6.99. The SMILES string of the molecule is C/C=C\C(=C/C)CCCOc1cnc(N)nc1NCCCCC. The molecular weight excluding hydrogens is 288 g/mol. The molecule has 128 valence electrons. The molecule has 0 atom stereocenters. The molecule has 1 aromatic rings. The lowest BCUT2D eigenvalue weighted by atomic mass is 10.1. The summed E-state index contributed by atoms with van der Waals surface area (Å²) in [6.07, 6.45) is 13.4. The van der Waals surface area contributed by atoms with Crippen molar-refractivity contribution in [2.75, 3.05) is 24.2 Å². The van der Waals surface area contributed by atoms with Crippen molar-refractivity contribution in [2.24, 2.45) is 0 Å². The molecule has 0 aromatic carbocycles. The Kier molecular flexibility index (Phi) is 9.52. The maximum atomic E-state index is 5.83. The summed E-state index contributed by atoms with van der Waals surface area (Å²) in [7, 11) is 0. The summed E-state index contributed by atoms with van der Waals surface area (Å²) in [4.78, 5) is 8.26. The van der Waals surface area contributed by atoms with Gasteiger partial charge in [0, 0.05) is 6.54 Å². The normalized spacial score (nSPS) is 11.9. The smallest absolute Gasteiger partial charge is 0.222 e. The van der Waals surface area contributed by atoms with E-state index in [0.29, 0.717) is 18.2 Å². The van der Waals surface area contributed by atoms with Gasteiger partial charge >= 0.3 is 0 Å². The van der Waals surface area contributed by atoms with Crippen LogP contribution in [-0.2, 0) is 0 Å². The zero-order valence-electron chi connectivity index (χ0n) is 14.6. The maximum Gasteiger partial charge on any atom is 0.222 e. The van der Waals surface area contributed by atoms with Gasteiger partial charge in [0.25, 0.3) is 0 Å². The van der Waals surface area contributed by atoms with Crippen molar-refractivity contribution < 1.29 is 4.74 Å². The predicted molar refractivity (Wildman–Crippen MR) is 97.8 cm³/mol. The minimum absolute atomic E-state index is 0.264. The molecule has 0 aliphatic carbocycles. The minimum Gasteiger partial charge on any atom is -0.488 e. The molecule has 0 amide bonds. The molecule has 1 heterocycles. The number of aromatic nitrogens is 2. The van der Waals surface area contributed by atoms with E-state index in [0.717, 1.165) is 25.8 Å². The third-order valence-electron chi connectivity index (χ3n) is 3.47. The Morgan fingerprint density at radius 1 is 1.30 bits per heavy atom. The molecule has 0 radical (unpaired) electrons. The van der Waals surface area contributed by atoms with Gasteiger partial charge in [-0.1, -0.05) is 43.6 Å². The van der Waals surface area contributed by atoms with E-state index < -0.39 is 0 Å². The molecule has 0 saturated carbocycles. The highest BCUT2D eigenvalue weighted by molar-refractivity contribution is 5.51. The van der Waals surface area contributed by atoms with Gasteiger partial charge in [-0.15, -0.1) is 0 Å². The summed E-state index contributed by atoms with van der Waals surface area (Å²) in [5, 5.41) is 3.29. The van der Waals surface area contributed by atoms with Crippen LogP contribution in [0.25, 0.3) is 0 Å². The van der Waals surface area contributed by atoms with Crippen molar-refractivity contribution in [2.45, 2.75) is 52.9 Å². The van der Waals surface area contributed by atoms with Crippen molar-refractivity contribution in [3.05, 3.63) is 30.0 Å². The van der Waals surface area contributed by atoms with E-state index in [2.05, 4.69) is 47.4 Å². The Labute approximate surface area is 140 Å². The number of ether oxygens (including phenoxy) is 1. The maximum absolute atomic E-state index is 5.83. The van der Waals surface area contributed by atoms with E-state index >= 15 is 0 Å². The Hall–Kier alpha value is -2.04. The molecule has 0 fully saturated rings. The van der Waals surface area contributed by atoms with Gasteiger partial charge in [0.15, 0.2) is 11.6 Å². The lowest BCUT2D eigenvalue weighted by Crippen LogP contribution is -2.09. The molecule has 5 nitrogen and oxygen atoms in total. The number of nitrogens with zero attached hydrogens (tertiary/aromatic N) is 2. The quantitative estimate of drug-likeness (QED) is 0.469. The van der Waals surface area contributed by atoms with Crippen LogP contribution in [0, 0.1) is 0 Å². The molecular formula is C18H30N4O. The average molecular weight is 318 g/mol. The summed E-state index contributed by atoms with van der Waals surface area (Å²) in [5.74, 6) is 1.62. The van der Waals surface area contributed by atoms with E-state index in [-0.39, 0.29) is 5.95 Å². The minimum atomic E-state index is 0.264. The molecule has 0 aliphatic heterocycles. The number of nitrogen functional groups attached to an aromatic ring is 1. The number of hydrogen-bond acceptors (Lipinski definition) is 5. The first-order chi connectivity index (χ1) is 11.2. The second kappa shape index (κ2) is 11.5. The highest BCUT2D eigenvalue weighted by atomic mass is 16.5. The number of nitrogens with one attached hydrogen (secondary N) is 1. The first kappa shape index (κ1) is 19.0. The topological polar surface area (TPSA) is 73.1 Å². The molecule has 0 bridgehead atoms. The number of anilines is 2. The van der Waals surface area contributed by atoms with Crippen molar-refractivity contribution in [1.29, 1.82) is 0 Å². The van der Waals surface area contributed by atoms with Crippen LogP contribution in [0.1, 0.15) is 52.9 Å². The van der Waals surface area contributed by atoms with Crippen LogP contribution in [0.2, 0.25) is 0 Å².